The molecule has 0 N–H and O–H groups in total. The zero-order chi connectivity index (χ0) is 14.1. The summed E-state index contributed by atoms with van der Waals surface area (Å²) in [6.45, 7) is 0.786. The van der Waals surface area contributed by atoms with E-state index in [1.165, 1.54) is 19.2 Å². The largest absolute Gasteiger partial charge is 0.469 e. The van der Waals surface area contributed by atoms with Gasteiger partial charge in [-0.15, -0.1) is 0 Å². The molecular weight excluding hydrogens is 259 g/mol. The Bertz CT molecular complexity index is 651. The number of hydrogen-bond acceptors (Lipinski definition) is 3. The highest BCUT2D eigenvalue weighted by atomic mass is 19.1. The van der Waals surface area contributed by atoms with Gasteiger partial charge >= 0.3 is 5.97 Å². The Kier molecular flexibility index (Phi) is 3.26. The predicted octanol–water partition coefficient (Wildman–Crippen LogP) is 2.74. The van der Waals surface area contributed by atoms with Crippen molar-refractivity contribution in [2.24, 2.45) is 0 Å². The van der Waals surface area contributed by atoms with Gasteiger partial charge in [-0.05, 0) is 25.0 Å². The maximum atomic E-state index is 13.3. The van der Waals surface area contributed by atoms with Crippen LogP contribution in [0.4, 0.5) is 4.39 Å². The highest BCUT2D eigenvalue weighted by molar-refractivity contribution is 5.78. The normalized spacial score (nSPS) is 17.6. The van der Waals surface area contributed by atoms with Gasteiger partial charge in [-0.1, -0.05) is 12.1 Å². The van der Waals surface area contributed by atoms with Gasteiger partial charge in [0.15, 0.2) is 0 Å². The van der Waals surface area contributed by atoms with E-state index in [1.54, 1.807) is 12.3 Å². The van der Waals surface area contributed by atoms with Gasteiger partial charge in [0.25, 0.3) is 0 Å². The number of esters is 1. The van der Waals surface area contributed by atoms with E-state index in [0.29, 0.717) is 5.82 Å². The molecule has 1 aliphatic rings. The Morgan fingerprint density at radius 2 is 2.35 bits per heavy atom. The van der Waals surface area contributed by atoms with Crippen molar-refractivity contribution in [3.8, 4) is 11.4 Å². The van der Waals surface area contributed by atoms with Gasteiger partial charge in [0, 0.05) is 18.3 Å². The number of aromatic nitrogens is 2. The molecule has 0 amide bonds. The Labute approximate surface area is 116 Å². The molecule has 0 bridgehead atoms. The van der Waals surface area contributed by atoms with Crippen LogP contribution in [0.25, 0.3) is 11.4 Å². The first-order valence-electron chi connectivity index (χ1n) is 6.60. The number of benzene rings is 1. The number of carbonyl (C=O) groups is 1. The molecule has 0 fully saturated rings. The van der Waals surface area contributed by atoms with Crippen LogP contribution < -0.4 is 0 Å². The number of fused-ring (bicyclic) bond motifs is 1. The topological polar surface area (TPSA) is 44.1 Å². The van der Waals surface area contributed by atoms with Crippen LogP contribution in [0.5, 0.6) is 0 Å². The minimum atomic E-state index is -0.292. The Morgan fingerprint density at radius 1 is 1.50 bits per heavy atom. The number of imidazole rings is 1. The summed E-state index contributed by atoms with van der Waals surface area (Å²) in [7, 11) is 1.39. The molecule has 20 heavy (non-hydrogen) atoms. The van der Waals surface area contributed by atoms with Crippen LogP contribution in [0.3, 0.4) is 0 Å². The molecule has 1 unspecified atom stereocenters. The fourth-order valence-corrected chi connectivity index (χ4v) is 2.74. The average molecular weight is 274 g/mol. The van der Waals surface area contributed by atoms with Gasteiger partial charge < -0.3 is 9.30 Å². The first kappa shape index (κ1) is 12.8. The molecular formula is C15H15FN2O2. The molecule has 4 nitrogen and oxygen atoms in total. The first-order valence-corrected chi connectivity index (χ1v) is 6.60. The molecule has 0 radical (unpaired) electrons. The summed E-state index contributed by atoms with van der Waals surface area (Å²) in [5, 5.41) is 0. The Hall–Kier alpha value is -2.17. The third-order valence-electron chi connectivity index (χ3n) is 3.69. The van der Waals surface area contributed by atoms with Crippen LogP contribution >= 0.6 is 0 Å². The molecule has 2 heterocycles. The minimum Gasteiger partial charge on any atom is -0.469 e. The van der Waals surface area contributed by atoms with E-state index in [2.05, 4.69) is 4.98 Å². The van der Waals surface area contributed by atoms with E-state index in [4.69, 9.17) is 4.74 Å². The number of hydrogen-bond donors (Lipinski definition) is 0. The maximum Gasteiger partial charge on any atom is 0.314 e. The van der Waals surface area contributed by atoms with Crippen molar-refractivity contribution in [3.63, 3.8) is 0 Å². The summed E-state index contributed by atoms with van der Waals surface area (Å²) in [5.41, 5.74) is 1.57. The molecule has 1 aromatic carbocycles. The zero-order valence-electron chi connectivity index (χ0n) is 11.2. The van der Waals surface area contributed by atoms with Crippen LogP contribution in [0, 0.1) is 5.82 Å². The second-order valence-electron chi connectivity index (χ2n) is 4.89. The average Bonchev–Trinajstić information content (AvgIpc) is 2.90. The molecule has 0 spiro atoms. The monoisotopic (exact) mass is 274 g/mol. The smallest absolute Gasteiger partial charge is 0.314 e. The van der Waals surface area contributed by atoms with Crippen LogP contribution in [0.2, 0.25) is 0 Å². The molecule has 3 rings (SSSR count). The quantitative estimate of drug-likeness (QED) is 0.791. The van der Waals surface area contributed by atoms with E-state index in [-0.39, 0.29) is 17.7 Å². The third kappa shape index (κ3) is 2.09. The summed E-state index contributed by atoms with van der Waals surface area (Å²) < 4.78 is 20.2. The molecule has 1 atom stereocenters. The fourth-order valence-electron chi connectivity index (χ4n) is 2.74. The highest BCUT2D eigenvalue weighted by Gasteiger charge is 2.29. The minimum absolute atomic E-state index is 0.239. The van der Waals surface area contributed by atoms with Crippen molar-refractivity contribution >= 4 is 5.97 Å². The SMILES string of the molecule is COC(=O)C1CCCn2c1cnc2-c1cccc(F)c1. The van der Waals surface area contributed by atoms with Crippen LogP contribution in [-0.2, 0) is 16.1 Å². The predicted molar refractivity (Wildman–Crippen MR) is 71.6 cm³/mol. The zero-order valence-corrected chi connectivity index (χ0v) is 11.2. The molecule has 2 aromatic rings. The van der Waals surface area contributed by atoms with Gasteiger partial charge in [-0.3, -0.25) is 4.79 Å². The van der Waals surface area contributed by atoms with E-state index in [0.717, 1.165) is 30.6 Å². The summed E-state index contributed by atoms with van der Waals surface area (Å²) in [5.74, 6) is -0.103. The lowest BCUT2D eigenvalue weighted by Crippen LogP contribution is -2.23. The van der Waals surface area contributed by atoms with Gasteiger partial charge in [-0.25, -0.2) is 9.37 Å². The number of rotatable bonds is 2. The number of halogens is 1. The molecule has 5 heteroatoms. The van der Waals surface area contributed by atoms with Crippen molar-refractivity contribution in [1.29, 1.82) is 0 Å². The van der Waals surface area contributed by atoms with Gasteiger partial charge in [0.1, 0.15) is 11.6 Å². The van der Waals surface area contributed by atoms with Crippen molar-refractivity contribution < 1.29 is 13.9 Å². The van der Waals surface area contributed by atoms with E-state index in [1.807, 2.05) is 10.6 Å². The van der Waals surface area contributed by atoms with Gasteiger partial charge in [0.2, 0.25) is 0 Å². The van der Waals surface area contributed by atoms with Gasteiger partial charge in [0.05, 0.1) is 18.7 Å². The number of nitrogens with zero attached hydrogens (tertiary/aromatic N) is 2. The second kappa shape index (κ2) is 5.07. The Balaban J connectivity index is 2.04. The molecule has 0 saturated carbocycles. The van der Waals surface area contributed by atoms with Crippen molar-refractivity contribution in [2.45, 2.75) is 25.3 Å². The maximum absolute atomic E-state index is 13.3. The molecule has 0 saturated heterocycles. The molecule has 104 valence electrons. The summed E-state index contributed by atoms with van der Waals surface area (Å²) in [6, 6.07) is 6.34. The third-order valence-corrected chi connectivity index (χ3v) is 3.69. The Morgan fingerprint density at radius 3 is 3.10 bits per heavy atom. The number of ether oxygens (including phenoxy) is 1. The van der Waals surface area contributed by atoms with Crippen molar-refractivity contribution in [2.75, 3.05) is 7.11 Å². The summed E-state index contributed by atoms with van der Waals surface area (Å²) in [6.07, 6.45) is 3.34. The lowest BCUT2D eigenvalue weighted by atomic mass is 9.96. The summed E-state index contributed by atoms with van der Waals surface area (Å²) in [4.78, 5) is 16.2. The second-order valence-corrected chi connectivity index (χ2v) is 4.89. The first-order chi connectivity index (χ1) is 9.70. The van der Waals surface area contributed by atoms with Crippen molar-refractivity contribution in [3.05, 3.63) is 42.0 Å². The molecule has 0 aliphatic carbocycles. The number of carbonyl (C=O) groups excluding carboxylic acids is 1. The number of methoxy groups -OCH3 is 1. The fraction of sp³-hybridized carbons (Fsp3) is 0.333. The van der Waals surface area contributed by atoms with Crippen LogP contribution in [0.15, 0.2) is 30.5 Å². The summed E-state index contributed by atoms with van der Waals surface area (Å²) >= 11 is 0. The van der Waals surface area contributed by atoms with Crippen LogP contribution in [0.1, 0.15) is 24.5 Å². The van der Waals surface area contributed by atoms with E-state index < -0.39 is 0 Å². The van der Waals surface area contributed by atoms with E-state index >= 15 is 0 Å². The van der Waals surface area contributed by atoms with E-state index in [9.17, 15) is 9.18 Å². The lowest BCUT2D eigenvalue weighted by molar-refractivity contribution is -0.143. The molecule has 1 aliphatic heterocycles. The lowest BCUT2D eigenvalue weighted by Gasteiger charge is -2.23. The highest BCUT2D eigenvalue weighted by Crippen LogP contribution is 2.32. The molecule has 1 aromatic heterocycles. The van der Waals surface area contributed by atoms with Crippen molar-refractivity contribution in [1.82, 2.24) is 9.55 Å². The standard InChI is InChI=1S/C15H15FN2O2/c1-20-15(19)12-6-3-7-18-13(12)9-17-14(18)10-4-2-5-11(16)8-10/h2,4-5,8-9,12H,3,6-7H2,1H3. The van der Waals surface area contributed by atoms with Crippen LogP contribution in [-0.4, -0.2) is 22.6 Å². The van der Waals surface area contributed by atoms with Gasteiger partial charge in [-0.2, -0.15) is 0 Å².